The van der Waals surface area contributed by atoms with Crippen LogP contribution in [0.3, 0.4) is 0 Å². The lowest BCUT2D eigenvalue weighted by Crippen LogP contribution is -2.21. The topological polar surface area (TPSA) is 63.3 Å². The molecule has 0 spiro atoms. The third-order valence-electron chi connectivity index (χ3n) is 3.54. The molecular weight excluding hydrogens is 328 g/mol. The van der Waals surface area contributed by atoms with Gasteiger partial charge in [0.05, 0.1) is 11.4 Å². The van der Waals surface area contributed by atoms with Crippen LogP contribution >= 0.6 is 22.9 Å². The summed E-state index contributed by atoms with van der Waals surface area (Å²) in [5.41, 5.74) is 13.0. The first kappa shape index (κ1) is 15.9. The van der Waals surface area contributed by atoms with E-state index in [-0.39, 0.29) is 6.04 Å². The second kappa shape index (κ2) is 7.08. The Labute approximate surface area is 144 Å². The van der Waals surface area contributed by atoms with Gasteiger partial charge in [-0.1, -0.05) is 42.0 Å². The molecule has 0 fully saturated rings. The zero-order valence-corrected chi connectivity index (χ0v) is 14.2. The van der Waals surface area contributed by atoms with E-state index < -0.39 is 0 Å². The van der Waals surface area contributed by atoms with E-state index in [0.717, 1.165) is 39.1 Å². The second-order valence-corrected chi connectivity index (χ2v) is 6.59. The van der Waals surface area contributed by atoms with Gasteiger partial charge in [0.2, 0.25) is 5.13 Å². The predicted octanol–water partition coefficient (Wildman–Crippen LogP) is 4.46. The molecule has 4 nitrogen and oxygen atoms in total. The highest BCUT2D eigenvalue weighted by molar-refractivity contribution is 7.14. The molecule has 0 saturated carbocycles. The maximum absolute atomic E-state index is 5.93. The van der Waals surface area contributed by atoms with Crippen molar-refractivity contribution in [2.45, 2.75) is 19.4 Å². The number of hydrazone groups is 1. The number of nitrogens with zero attached hydrogens (tertiary/aromatic N) is 2. The molecule has 2 aromatic rings. The monoisotopic (exact) mass is 344 g/mol. The van der Waals surface area contributed by atoms with Crippen LogP contribution in [0, 0.1) is 0 Å². The minimum absolute atomic E-state index is 0.0662. The molecule has 0 saturated heterocycles. The van der Waals surface area contributed by atoms with Gasteiger partial charge in [-0.25, -0.2) is 4.98 Å². The molecule has 1 aromatic heterocycles. The van der Waals surface area contributed by atoms with E-state index in [4.69, 9.17) is 17.3 Å². The van der Waals surface area contributed by atoms with Crippen molar-refractivity contribution in [3.8, 4) is 11.3 Å². The van der Waals surface area contributed by atoms with Crippen molar-refractivity contribution >= 4 is 33.8 Å². The fourth-order valence-electron chi connectivity index (χ4n) is 2.25. The van der Waals surface area contributed by atoms with Crippen LogP contribution < -0.4 is 11.2 Å². The number of benzene rings is 1. The molecule has 1 aliphatic rings. The lowest BCUT2D eigenvalue weighted by molar-refractivity contribution is 0.809. The number of halogens is 1. The minimum Gasteiger partial charge on any atom is -0.324 e. The van der Waals surface area contributed by atoms with Crippen molar-refractivity contribution in [1.29, 1.82) is 0 Å². The van der Waals surface area contributed by atoms with Gasteiger partial charge in [0.1, 0.15) is 0 Å². The average Bonchev–Trinajstić information content (AvgIpc) is 3.02. The summed E-state index contributed by atoms with van der Waals surface area (Å²) in [6, 6.07) is 7.69. The van der Waals surface area contributed by atoms with Crippen LogP contribution in [-0.2, 0) is 0 Å². The van der Waals surface area contributed by atoms with Gasteiger partial charge in [-0.3, -0.25) is 5.43 Å². The first-order valence-electron chi connectivity index (χ1n) is 7.27. The lowest BCUT2D eigenvalue weighted by Gasteiger charge is -2.13. The van der Waals surface area contributed by atoms with Crippen LogP contribution in [0.4, 0.5) is 5.13 Å². The molecule has 0 aliphatic heterocycles. The zero-order chi connectivity index (χ0) is 16.2. The minimum atomic E-state index is 0.0662. The van der Waals surface area contributed by atoms with Crippen molar-refractivity contribution in [2.75, 3.05) is 5.43 Å². The quantitative estimate of drug-likeness (QED) is 0.635. The highest BCUT2D eigenvalue weighted by Crippen LogP contribution is 2.26. The van der Waals surface area contributed by atoms with E-state index in [9.17, 15) is 0 Å². The standard InChI is InChI=1S/C17H17ClN4S/c1-11(13-3-2-4-15(19)9-13)21-22-17-20-16(10-23-17)12-5-7-14(18)8-6-12/h2-8,10,15H,9,19H2,1H3,(H,20,22). The summed E-state index contributed by atoms with van der Waals surface area (Å²) in [6.45, 7) is 1.97. The Bertz CT molecular complexity index is 774. The van der Waals surface area contributed by atoms with E-state index in [2.05, 4.69) is 15.5 Å². The van der Waals surface area contributed by atoms with Crippen molar-refractivity contribution in [3.63, 3.8) is 0 Å². The van der Waals surface area contributed by atoms with Gasteiger partial charge >= 0.3 is 0 Å². The Hall–Kier alpha value is -1.95. The lowest BCUT2D eigenvalue weighted by atomic mass is 9.98. The summed E-state index contributed by atoms with van der Waals surface area (Å²) in [5.74, 6) is 0. The second-order valence-electron chi connectivity index (χ2n) is 5.30. The number of nitrogens with one attached hydrogen (secondary N) is 1. The molecule has 0 amide bonds. The number of allylic oxidation sites excluding steroid dienone is 2. The molecule has 1 aliphatic carbocycles. The molecule has 0 bridgehead atoms. The summed E-state index contributed by atoms with van der Waals surface area (Å²) < 4.78 is 0. The molecule has 0 radical (unpaired) electrons. The van der Waals surface area contributed by atoms with Gasteiger partial charge in [0.25, 0.3) is 0 Å². The third-order valence-corrected chi connectivity index (χ3v) is 4.54. The first-order valence-corrected chi connectivity index (χ1v) is 8.52. The average molecular weight is 345 g/mol. The van der Waals surface area contributed by atoms with Crippen LogP contribution in [0.15, 0.2) is 58.5 Å². The molecule has 23 heavy (non-hydrogen) atoms. The largest absolute Gasteiger partial charge is 0.324 e. The summed E-state index contributed by atoms with van der Waals surface area (Å²) in [4.78, 5) is 4.54. The Kier molecular flexibility index (Phi) is 4.91. The van der Waals surface area contributed by atoms with Crippen LogP contribution in [0.25, 0.3) is 11.3 Å². The van der Waals surface area contributed by atoms with Crippen molar-refractivity contribution < 1.29 is 0 Å². The van der Waals surface area contributed by atoms with E-state index in [1.807, 2.05) is 54.8 Å². The molecule has 1 aromatic carbocycles. The number of anilines is 1. The fourth-order valence-corrected chi connectivity index (χ4v) is 3.04. The molecule has 1 atom stereocenters. The SMILES string of the molecule is CC(=NNc1nc(-c2ccc(Cl)cc2)cs1)C1=CC=CC(N)C1. The summed E-state index contributed by atoms with van der Waals surface area (Å²) in [5, 5.41) is 7.88. The van der Waals surface area contributed by atoms with Crippen LogP contribution in [-0.4, -0.2) is 16.7 Å². The van der Waals surface area contributed by atoms with Gasteiger partial charge in [0.15, 0.2) is 0 Å². The number of rotatable bonds is 4. The van der Waals surface area contributed by atoms with Crippen LogP contribution in [0.2, 0.25) is 5.02 Å². The number of aromatic nitrogens is 1. The Morgan fingerprint density at radius 1 is 1.39 bits per heavy atom. The number of thiazole rings is 1. The predicted molar refractivity (Wildman–Crippen MR) is 99.1 cm³/mol. The third kappa shape index (κ3) is 4.07. The number of nitrogens with two attached hydrogens (primary N) is 1. The molecule has 3 rings (SSSR count). The van der Waals surface area contributed by atoms with E-state index in [1.165, 1.54) is 11.3 Å². The molecule has 1 heterocycles. The number of hydrogen-bond acceptors (Lipinski definition) is 5. The van der Waals surface area contributed by atoms with Gasteiger partial charge < -0.3 is 5.73 Å². The first-order chi connectivity index (χ1) is 11.1. The normalized spacial score (nSPS) is 18.0. The van der Waals surface area contributed by atoms with Gasteiger partial charge in [-0.15, -0.1) is 11.3 Å². The highest BCUT2D eigenvalue weighted by Gasteiger charge is 2.10. The molecule has 1 unspecified atom stereocenters. The Balaban J connectivity index is 1.69. The van der Waals surface area contributed by atoms with E-state index >= 15 is 0 Å². The Morgan fingerprint density at radius 3 is 2.91 bits per heavy atom. The van der Waals surface area contributed by atoms with E-state index in [1.54, 1.807) is 0 Å². The molecule has 118 valence electrons. The van der Waals surface area contributed by atoms with Crippen LogP contribution in [0.1, 0.15) is 13.3 Å². The van der Waals surface area contributed by atoms with Gasteiger partial charge in [-0.2, -0.15) is 5.10 Å². The highest BCUT2D eigenvalue weighted by atomic mass is 35.5. The van der Waals surface area contributed by atoms with Crippen LogP contribution in [0.5, 0.6) is 0 Å². The molecular formula is C17H17ClN4S. The maximum Gasteiger partial charge on any atom is 0.203 e. The summed E-state index contributed by atoms with van der Waals surface area (Å²) >= 11 is 7.42. The molecule has 3 N–H and O–H groups in total. The smallest absolute Gasteiger partial charge is 0.203 e. The number of hydrogen-bond donors (Lipinski definition) is 2. The zero-order valence-electron chi connectivity index (χ0n) is 12.7. The maximum atomic E-state index is 5.93. The fraction of sp³-hybridized carbons (Fsp3) is 0.176. The van der Waals surface area contributed by atoms with E-state index in [0.29, 0.717) is 0 Å². The van der Waals surface area contributed by atoms with Crippen molar-refractivity contribution in [1.82, 2.24) is 4.98 Å². The van der Waals surface area contributed by atoms with Gasteiger partial charge in [0, 0.05) is 22.0 Å². The summed E-state index contributed by atoms with van der Waals surface area (Å²) in [7, 11) is 0. The summed E-state index contributed by atoms with van der Waals surface area (Å²) in [6.07, 6.45) is 6.82. The van der Waals surface area contributed by atoms with Crippen molar-refractivity contribution in [3.05, 3.63) is 58.5 Å². The van der Waals surface area contributed by atoms with Crippen molar-refractivity contribution in [2.24, 2.45) is 10.8 Å². The Morgan fingerprint density at radius 2 is 2.17 bits per heavy atom. The molecule has 6 heteroatoms. The van der Waals surface area contributed by atoms with Gasteiger partial charge in [-0.05, 0) is 31.1 Å².